The summed E-state index contributed by atoms with van der Waals surface area (Å²) >= 11 is 0. The number of carbonyl (C=O) groups excluding carboxylic acids is 2. The third-order valence-electron chi connectivity index (χ3n) is 15.9. The van der Waals surface area contributed by atoms with Gasteiger partial charge in [-0.15, -0.1) is 0 Å². The maximum absolute atomic E-state index is 12.8. The smallest absolute Gasteiger partial charge is 0.462 e. The summed E-state index contributed by atoms with van der Waals surface area (Å²) in [4.78, 5) is 35.4. The molecule has 2 atom stereocenters. The second-order valence-electron chi connectivity index (χ2n) is 25.1. The van der Waals surface area contributed by atoms with Gasteiger partial charge in [-0.05, 0) is 154 Å². The van der Waals surface area contributed by atoms with Crippen LogP contribution in [0.1, 0.15) is 296 Å². The minimum absolute atomic E-state index is 0.0381. The molecule has 3 N–H and O–H groups in total. The second kappa shape index (κ2) is 81.3. The Morgan fingerprint density at radius 1 is 0.303 bits per heavy atom. The molecule has 0 radical (unpaired) electrons. The van der Waals surface area contributed by atoms with Crippen molar-refractivity contribution >= 4 is 19.8 Å². The van der Waals surface area contributed by atoms with Crippen LogP contribution in [-0.4, -0.2) is 49.3 Å². The quantitative estimate of drug-likeness (QED) is 0.0264. The van der Waals surface area contributed by atoms with Crippen molar-refractivity contribution in [1.82, 2.24) is 0 Å². The normalized spacial score (nSPS) is 14.1. The fraction of sp³-hybridized carbons (Fsp3) is 0.573. The number of phosphoric acid groups is 1. The Labute approximate surface area is 607 Å². The van der Waals surface area contributed by atoms with Gasteiger partial charge >= 0.3 is 19.8 Å². The first kappa shape index (κ1) is 93.3. The van der Waals surface area contributed by atoms with Gasteiger partial charge in [0.05, 0.1) is 13.2 Å². The van der Waals surface area contributed by atoms with E-state index < -0.39 is 32.5 Å². The highest BCUT2D eigenvalue weighted by Gasteiger charge is 2.26. The molecule has 0 aromatic carbocycles. The molecule has 0 heterocycles. The Bertz CT molecular complexity index is 2440. The monoisotopic (exact) mass is 1380 g/mol. The first-order chi connectivity index (χ1) is 48.8. The summed E-state index contributed by atoms with van der Waals surface area (Å²) in [5, 5.41) is 0. The van der Waals surface area contributed by atoms with E-state index in [1.54, 1.807) is 0 Å². The van der Waals surface area contributed by atoms with Gasteiger partial charge in [0.15, 0.2) is 6.10 Å². The predicted octanol–water partition coefficient (Wildman–Crippen LogP) is 26.7. The zero-order valence-electron chi connectivity index (χ0n) is 62.6. The lowest BCUT2D eigenvalue weighted by Crippen LogP contribution is -2.29. The lowest BCUT2D eigenvalue weighted by molar-refractivity contribution is -0.161. The molecule has 2 unspecified atom stereocenters. The Morgan fingerprint density at radius 2 is 0.525 bits per heavy atom. The molecule has 0 amide bonds. The third kappa shape index (κ3) is 81.2. The van der Waals surface area contributed by atoms with Crippen molar-refractivity contribution in [3.05, 3.63) is 219 Å². The minimum Gasteiger partial charge on any atom is -0.462 e. The number of allylic oxidation sites excluding steroid dienone is 36. The van der Waals surface area contributed by atoms with Crippen molar-refractivity contribution in [1.29, 1.82) is 0 Å². The van der Waals surface area contributed by atoms with Gasteiger partial charge in [0.1, 0.15) is 6.61 Å². The van der Waals surface area contributed by atoms with Crippen LogP contribution in [0.25, 0.3) is 0 Å². The fourth-order valence-electron chi connectivity index (χ4n) is 10.2. The number of hydrogen-bond donors (Lipinski definition) is 2. The highest BCUT2D eigenvalue weighted by Crippen LogP contribution is 2.43. The van der Waals surface area contributed by atoms with Gasteiger partial charge in [-0.1, -0.05) is 348 Å². The summed E-state index contributed by atoms with van der Waals surface area (Å²) in [7, 11) is -4.42. The average molecular weight is 1390 g/mol. The van der Waals surface area contributed by atoms with Crippen LogP contribution in [0.3, 0.4) is 0 Å². The fourth-order valence-corrected chi connectivity index (χ4v) is 10.9. The van der Waals surface area contributed by atoms with Crippen molar-refractivity contribution in [2.45, 2.75) is 302 Å². The van der Waals surface area contributed by atoms with Crippen molar-refractivity contribution in [2.75, 3.05) is 26.4 Å². The van der Waals surface area contributed by atoms with Crippen LogP contribution >= 0.6 is 7.82 Å². The molecule has 0 aliphatic heterocycles. The molecule has 10 heteroatoms. The molecule has 0 spiro atoms. The largest absolute Gasteiger partial charge is 0.472 e. The number of esters is 2. The van der Waals surface area contributed by atoms with Crippen LogP contribution in [0, 0.1) is 0 Å². The van der Waals surface area contributed by atoms with Crippen molar-refractivity contribution in [3.63, 3.8) is 0 Å². The number of phosphoric ester groups is 1. The van der Waals surface area contributed by atoms with Gasteiger partial charge in [-0.25, -0.2) is 4.57 Å². The maximum atomic E-state index is 12.8. The summed E-state index contributed by atoms with van der Waals surface area (Å²) in [6, 6.07) is 0. The first-order valence-electron chi connectivity index (χ1n) is 39.2. The van der Waals surface area contributed by atoms with Crippen LogP contribution in [0.4, 0.5) is 0 Å². The maximum Gasteiger partial charge on any atom is 0.472 e. The van der Waals surface area contributed by atoms with E-state index in [1.165, 1.54) is 109 Å². The molecule has 0 rings (SSSR count). The molecule has 9 nitrogen and oxygen atoms in total. The van der Waals surface area contributed by atoms with E-state index in [4.69, 9.17) is 24.3 Å². The number of hydrogen-bond acceptors (Lipinski definition) is 8. The Morgan fingerprint density at radius 3 is 0.788 bits per heavy atom. The molecular formula is C89H142NO8P. The van der Waals surface area contributed by atoms with Crippen LogP contribution in [0.2, 0.25) is 0 Å². The zero-order valence-corrected chi connectivity index (χ0v) is 63.5. The van der Waals surface area contributed by atoms with Gasteiger partial charge in [-0.2, -0.15) is 0 Å². The number of nitrogens with two attached hydrogens (primary N) is 1. The van der Waals surface area contributed by atoms with Crippen molar-refractivity contribution < 1.29 is 37.6 Å². The lowest BCUT2D eigenvalue weighted by atomic mass is 10.0. The third-order valence-corrected chi connectivity index (χ3v) is 16.8. The number of unbranched alkanes of at least 4 members (excludes halogenated alkanes) is 22. The van der Waals surface area contributed by atoms with E-state index in [0.717, 1.165) is 154 Å². The SMILES string of the molecule is CC/C=C\C/C=C\C/C=C\C/C=C\C/C=C\C/C=C\C/C=C\C/C=C\C/C=C\C/C=C\C/C=C\CCCCCC(=O)OC(COC(=O)CCCCCCCCCCCCCCCCCCCCC/C=C\C/C=C\C/C=C\C/C=C\C/C=C\C/C=C\C/C=C\CC)COP(=O)(O)OCCN. The Hall–Kier alpha value is -5.67. The predicted molar refractivity (Wildman–Crippen MR) is 431 cm³/mol. The molecule has 0 fully saturated rings. The van der Waals surface area contributed by atoms with Crippen LogP contribution in [-0.2, 0) is 32.7 Å². The van der Waals surface area contributed by atoms with Gasteiger partial charge in [0, 0.05) is 19.4 Å². The van der Waals surface area contributed by atoms with Gasteiger partial charge in [0.2, 0.25) is 0 Å². The van der Waals surface area contributed by atoms with Crippen LogP contribution in [0.5, 0.6) is 0 Å². The van der Waals surface area contributed by atoms with Gasteiger partial charge in [0.25, 0.3) is 0 Å². The molecule has 0 aromatic heterocycles. The summed E-state index contributed by atoms with van der Waals surface area (Å²) in [5.74, 6) is -0.873. The van der Waals surface area contributed by atoms with Crippen molar-refractivity contribution in [3.8, 4) is 0 Å². The van der Waals surface area contributed by atoms with E-state index in [-0.39, 0.29) is 32.6 Å². The average Bonchev–Trinajstić information content (AvgIpc) is 1.64. The summed E-state index contributed by atoms with van der Waals surface area (Å²) in [6.45, 7) is 3.47. The standard InChI is InChI=1S/C89H142NO8P/c1-3-5-7-9-11-13-15-17-19-21-23-25-27-29-31-33-35-37-39-41-42-43-44-46-47-49-51-53-55-57-59-61-63-65-67-69-71-73-75-77-79-81-88(91)95-85-87(86-97-99(93,94)96-84-83-90)98-89(92)82-80-78-76-74-72-70-68-66-64-62-60-58-56-54-52-50-48-45-40-38-36-34-32-30-28-26-24-22-20-18-16-14-12-10-8-6-4-2/h5-8,11-14,17-20,23-26,29-32,35-38,41-42,45,48,52,54,58,60,64,66,70,72,87H,3-4,9-10,15-16,21-22,27-28,33-34,39-40,43-44,46-47,49-51,53,55-57,59,61-63,65,67-69,71,73-86,90H2,1-2H3,(H,93,94)/b7-5-,8-6-,13-11-,14-12-,19-17-,20-18-,25-23-,26-24-,31-29-,32-30-,37-35-,38-36-,42-41-,48-45-,54-52-,60-58-,66-64-,72-70-. The van der Waals surface area contributed by atoms with E-state index in [0.29, 0.717) is 6.42 Å². The summed E-state index contributed by atoms with van der Waals surface area (Å²) in [6.07, 6.45) is 126. The summed E-state index contributed by atoms with van der Waals surface area (Å²) < 4.78 is 33.2. The molecule has 0 bridgehead atoms. The topological polar surface area (TPSA) is 134 Å². The molecular weight excluding hydrogens is 1240 g/mol. The first-order valence-corrected chi connectivity index (χ1v) is 40.7. The number of carbonyl (C=O) groups is 2. The minimum atomic E-state index is -4.42. The Balaban J connectivity index is 3.95. The van der Waals surface area contributed by atoms with E-state index in [2.05, 4.69) is 233 Å². The van der Waals surface area contributed by atoms with Crippen molar-refractivity contribution in [2.24, 2.45) is 5.73 Å². The highest BCUT2D eigenvalue weighted by molar-refractivity contribution is 7.47. The van der Waals surface area contributed by atoms with Gasteiger partial charge < -0.3 is 20.1 Å². The van der Waals surface area contributed by atoms with Gasteiger partial charge in [-0.3, -0.25) is 18.6 Å². The molecule has 556 valence electrons. The van der Waals surface area contributed by atoms with E-state index in [1.807, 2.05) is 0 Å². The lowest BCUT2D eigenvalue weighted by Gasteiger charge is -2.19. The molecule has 0 saturated carbocycles. The summed E-state index contributed by atoms with van der Waals surface area (Å²) in [5.41, 5.74) is 5.41. The van der Waals surface area contributed by atoms with Crippen LogP contribution < -0.4 is 5.73 Å². The molecule has 99 heavy (non-hydrogen) atoms. The van der Waals surface area contributed by atoms with Crippen LogP contribution in [0.15, 0.2) is 219 Å². The van der Waals surface area contributed by atoms with E-state index >= 15 is 0 Å². The molecule has 0 aliphatic carbocycles. The molecule has 0 saturated heterocycles. The number of ether oxygens (including phenoxy) is 2. The molecule has 0 aliphatic rings. The molecule has 0 aromatic rings. The number of rotatable bonds is 71. The zero-order chi connectivity index (χ0) is 71.5. The Kier molecular flexibility index (Phi) is 76.6. The highest BCUT2D eigenvalue weighted by atomic mass is 31.2. The second-order valence-corrected chi connectivity index (χ2v) is 26.6. The van der Waals surface area contributed by atoms with E-state index in [9.17, 15) is 19.0 Å².